The van der Waals surface area contributed by atoms with E-state index in [0.29, 0.717) is 19.0 Å². The van der Waals surface area contributed by atoms with E-state index in [9.17, 15) is 27.1 Å². The number of hydrogen-bond acceptors (Lipinski definition) is 5. The number of nitrogens with one attached hydrogen (secondary N) is 1. The third-order valence-electron chi connectivity index (χ3n) is 5.93. The minimum absolute atomic E-state index is 0.0497. The second-order valence-electron chi connectivity index (χ2n) is 8.17. The molecule has 0 unspecified atom stereocenters. The smallest absolute Gasteiger partial charge is 0.166 e. The van der Waals surface area contributed by atoms with Crippen LogP contribution in [0.2, 0.25) is 0 Å². The van der Waals surface area contributed by atoms with Crippen molar-refractivity contribution in [2.45, 2.75) is 18.6 Å². The quantitative estimate of drug-likeness (QED) is 0.309. The number of anilines is 1. The van der Waals surface area contributed by atoms with Crippen LogP contribution in [0.1, 0.15) is 6.42 Å². The van der Waals surface area contributed by atoms with E-state index in [1.165, 1.54) is 12.4 Å². The lowest BCUT2D eigenvalue weighted by Crippen LogP contribution is -2.50. The van der Waals surface area contributed by atoms with E-state index in [0.717, 1.165) is 18.2 Å². The van der Waals surface area contributed by atoms with Crippen molar-refractivity contribution in [1.82, 2.24) is 15.0 Å². The van der Waals surface area contributed by atoms with Crippen molar-refractivity contribution >= 4 is 16.7 Å². The van der Waals surface area contributed by atoms with Gasteiger partial charge in [-0.15, -0.1) is 0 Å². The minimum Gasteiger partial charge on any atom is -0.390 e. The Labute approximate surface area is 189 Å². The molecule has 0 bridgehead atoms. The number of nitrogens with two attached hydrogens (primary N) is 1. The SMILES string of the molecule is N[C@@H]1CCN(c2c(-c3nc4cc(F)c(F)cc4[nH]3)cncc2-c2cc(F)cc(F)c2F)C[C@@H]1O. The van der Waals surface area contributed by atoms with E-state index >= 15 is 0 Å². The van der Waals surface area contributed by atoms with Crippen molar-refractivity contribution in [2.75, 3.05) is 18.0 Å². The van der Waals surface area contributed by atoms with E-state index < -0.39 is 41.2 Å². The maximum absolute atomic E-state index is 14.8. The number of imidazole rings is 1. The van der Waals surface area contributed by atoms with Crippen LogP contribution in [0.5, 0.6) is 0 Å². The Hall–Kier alpha value is -3.57. The highest BCUT2D eigenvalue weighted by Gasteiger charge is 2.30. The predicted octanol–water partition coefficient (Wildman–Crippen LogP) is 3.89. The standard InChI is InChI=1S/C23H18F5N5O/c24-10-3-11(21(28)16(27)4-10)12-7-30-8-13(22(12)33-2-1-17(29)20(34)9-33)23-31-18-5-14(25)15(26)6-19(18)32-23/h3-8,17,20,34H,1-2,9,29H2,(H,31,32)/t17-,20+/m1/s1. The average molecular weight is 475 g/mol. The number of aromatic nitrogens is 3. The summed E-state index contributed by atoms with van der Waals surface area (Å²) in [5.41, 5.74) is 6.49. The summed E-state index contributed by atoms with van der Waals surface area (Å²) in [5.74, 6) is -5.64. The van der Waals surface area contributed by atoms with Crippen LogP contribution in [-0.2, 0) is 0 Å². The monoisotopic (exact) mass is 475 g/mol. The van der Waals surface area contributed by atoms with E-state index in [4.69, 9.17) is 5.73 Å². The second-order valence-corrected chi connectivity index (χ2v) is 8.17. The van der Waals surface area contributed by atoms with Gasteiger partial charge in [0.25, 0.3) is 0 Å². The summed E-state index contributed by atoms with van der Waals surface area (Å²) < 4.78 is 70.3. The molecule has 4 N–H and O–H groups in total. The molecule has 1 aliphatic rings. The van der Waals surface area contributed by atoms with Crippen LogP contribution in [0, 0.1) is 29.1 Å². The zero-order valence-electron chi connectivity index (χ0n) is 17.5. The number of halogens is 5. The second kappa shape index (κ2) is 8.33. The molecular formula is C23H18F5N5O. The summed E-state index contributed by atoms with van der Waals surface area (Å²) in [6.07, 6.45) is 2.10. The van der Waals surface area contributed by atoms with Gasteiger partial charge in [0.1, 0.15) is 11.6 Å². The Bertz CT molecular complexity index is 1370. The molecule has 34 heavy (non-hydrogen) atoms. The Balaban J connectivity index is 1.75. The van der Waals surface area contributed by atoms with Gasteiger partial charge in [-0.2, -0.15) is 0 Å². The molecule has 0 amide bonds. The molecule has 4 aromatic rings. The van der Waals surface area contributed by atoms with Gasteiger partial charge in [-0.05, 0) is 12.5 Å². The topological polar surface area (TPSA) is 91.1 Å². The number of aliphatic hydroxyl groups is 1. The van der Waals surface area contributed by atoms with Gasteiger partial charge in [-0.25, -0.2) is 26.9 Å². The number of piperidine rings is 1. The first-order chi connectivity index (χ1) is 16.2. The Kier molecular flexibility index (Phi) is 5.45. The highest BCUT2D eigenvalue weighted by atomic mass is 19.2. The van der Waals surface area contributed by atoms with Gasteiger partial charge in [0.15, 0.2) is 23.3 Å². The van der Waals surface area contributed by atoms with Gasteiger partial charge >= 0.3 is 0 Å². The van der Waals surface area contributed by atoms with E-state index in [1.807, 2.05) is 0 Å². The molecule has 2 aromatic carbocycles. The van der Waals surface area contributed by atoms with E-state index in [1.54, 1.807) is 4.90 Å². The normalized spacial score (nSPS) is 18.6. The van der Waals surface area contributed by atoms with Gasteiger partial charge in [-0.3, -0.25) is 4.98 Å². The van der Waals surface area contributed by atoms with Crippen LogP contribution in [0.3, 0.4) is 0 Å². The molecule has 0 saturated carbocycles. The Morgan fingerprint density at radius 1 is 0.941 bits per heavy atom. The fourth-order valence-electron chi connectivity index (χ4n) is 4.20. The highest BCUT2D eigenvalue weighted by molar-refractivity contribution is 5.91. The lowest BCUT2D eigenvalue weighted by Gasteiger charge is -2.37. The van der Waals surface area contributed by atoms with Crippen LogP contribution in [0.25, 0.3) is 33.5 Å². The predicted molar refractivity (Wildman–Crippen MR) is 115 cm³/mol. The maximum Gasteiger partial charge on any atom is 0.166 e. The fraction of sp³-hybridized carbons (Fsp3) is 0.217. The number of β-amino-alcohol motifs (C(OH)–C–C–N with tert-alkyl or cyclic N) is 1. The van der Waals surface area contributed by atoms with Gasteiger partial charge < -0.3 is 20.7 Å². The number of aliphatic hydroxyl groups excluding tert-OH is 1. The first-order valence-electron chi connectivity index (χ1n) is 10.4. The lowest BCUT2D eigenvalue weighted by atomic mass is 9.97. The minimum atomic E-state index is -1.37. The van der Waals surface area contributed by atoms with Crippen molar-refractivity contribution < 1.29 is 27.1 Å². The zero-order chi connectivity index (χ0) is 24.1. The summed E-state index contributed by atoms with van der Waals surface area (Å²) in [4.78, 5) is 13.0. The molecule has 6 nitrogen and oxygen atoms in total. The number of benzene rings is 2. The molecular weight excluding hydrogens is 457 g/mol. The number of rotatable bonds is 3. The molecule has 0 spiro atoms. The summed E-state index contributed by atoms with van der Waals surface area (Å²) >= 11 is 0. The summed E-state index contributed by atoms with van der Waals surface area (Å²) in [5, 5.41) is 10.4. The number of aromatic amines is 1. The Morgan fingerprint density at radius 3 is 2.44 bits per heavy atom. The van der Waals surface area contributed by atoms with Crippen molar-refractivity contribution in [2.24, 2.45) is 5.73 Å². The summed E-state index contributed by atoms with van der Waals surface area (Å²) in [6.45, 7) is 0.388. The van der Waals surface area contributed by atoms with Gasteiger partial charge in [0, 0.05) is 60.9 Å². The maximum atomic E-state index is 14.8. The number of pyridine rings is 1. The van der Waals surface area contributed by atoms with E-state index in [2.05, 4.69) is 15.0 Å². The first kappa shape index (κ1) is 22.2. The van der Waals surface area contributed by atoms with Crippen molar-refractivity contribution in [3.63, 3.8) is 0 Å². The molecule has 2 atom stereocenters. The molecule has 11 heteroatoms. The highest BCUT2D eigenvalue weighted by Crippen LogP contribution is 2.41. The van der Waals surface area contributed by atoms with Crippen LogP contribution >= 0.6 is 0 Å². The van der Waals surface area contributed by atoms with Crippen molar-refractivity contribution in [3.8, 4) is 22.5 Å². The van der Waals surface area contributed by atoms with Crippen molar-refractivity contribution in [3.05, 3.63) is 65.7 Å². The molecule has 176 valence electrons. The largest absolute Gasteiger partial charge is 0.390 e. The third kappa shape index (κ3) is 3.76. The Morgan fingerprint density at radius 2 is 1.68 bits per heavy atom. The molecule has 0 aliphatic carbocycles. The van der Waals surface area contributed by atoms with E-state index in [-0.39, 0.29) is 45.8 Å². The number of hydrogen-bond donors (Lipinski definition) is 3. The molecule has 3 heterocycles. The molecule has 1 saturated heterocycles. The van der Waals surface area contributed by atoms with Crippen LogP contribution in [0.4, 0.5) is 27.6 Å². The van der Waals surface area contributed by atoms with Gasteiger partial charge in [0.2, 0.25) is 0 Å². The molecule has 0 radical (unpaired) electrons. The van der Waals surface area contributed by atoms with Gasteiger partial charge in [0.05, 0.1) is 28.4 Å². The van der Waals surface area contributed by atoms with Crippen LogP contribution in [0.15, 0.2) is 36.7 Å². The van der Waals surface area contributed by atoms with Crippen LogP contribution in [-0.4, -0.2) is 45.3 Å². The van der Waals surface area contributed by atoms with Gasteiger partial charge in [-0.1, -0.05) is 0 Å². The lowest BCUT2D eigenvalue weighted by molar-refractivity contribution is 0.132. The summed E-state index contributed by atoms with van der Waals surface area (Å²) in [6, 6.07) is 2.67. The van der Waals surface area contributed by atoms with Crippen LogP contribution < -0.4 is 10.6 Å². The first-order valence-corrected chi connectivity index (χ1v) is 10.4. The molecule has 1 aliphatic heterocycles. The number of H-pyrrole nitrogens is 1. The molecule has 2 aromatic heterocycles. The number of fused-ring (bicyclic) bond motifs is 1. The average Bonchev–Trinajstić information content (AvgIpc) is 3.20. The van der Waals surface area contributed by atoms with Crippen molar-refractivity contribution in [1.29, 1.82) is 0 Å². The molecule has 5 rings (SSSR count). The molecule has 1 fully saturated rings. The zero-order valence-corrected chi connectivity index (χ0v) is 17.5. The number of nitrogens with zero attached hydrogens (tertiary/aromatic N) is 3. The fourth-order valence-corrected chi connectivity index (χ4v) is 4.20. The summed E-state index contributed by atoms with van der Waals surface area (Å²) in [7, 11) is 0. The third-order valence-corrected chi connectivity index (χ3v) is 5.93.